The summed E-state index contributed by atoms with van der Waals surface area (Å²) in [5, 5.41) is 2.45. The van der Waals surface area contributed by atoms with E-state index in [1.165, 1.54) is 12.8 Å². The fourth-order valence-electron chi connectivity index (χ4n) is 2.05. The van der Waals surface area contributed by atoms with Crippen LogP contribution in [0.15, 0.2) is 0 Å². The standard InChI is InChI=1S/C10H19NO3/c1-11-9(12)14-8-10(7-13-2)5-3-4-6-10/h3-8H2,1-2H3,(H,11,12). The molecular weight excluding hydrogens is 182 g/mol. The molecule has 0 heterocycles. The molecule has 1 N–H and O–H groups in total. The molecule has 14 heavy (non-hydrogen) atoms. The Morgan fingerprint density at radius 3 is 2.50 bits per heavy atom. The molecule has 0 saturated heterocycles. The van der Waals surface area contributed by atoms with Gasteiger partial charge in [0.05, 0.1) is 6.61 Å². The van der Waals surface area contributed by atoms with E-state index in [0.29, 0.717) is 13.2 Å². The van der Waals surface area contributed by atoms with Crippen molar-refractivity contribution in [2.24, 2.45) is 5.41 Å². The molecule has 1 rings (SSSR count). The van der Waals surface area contributed by atoms with Crippen LogP contribution in [0.3, 0.4) is 0 Å². The number of carbonyl (C=O) groups excluding carboxylic acids is 1. The van der Waals surface area contributed by atoms with Gasteiger partial charge in [0.15, 0.2) is 0 Å². The van der Waals surface area contributed by atoms with Crippen molar-refractivity contribution < 1.29 is 14.3 Å². The second-order valence-corrected chi connectivity index (χ2v) is 3.97. The Morgan fingerprint density at radius 2 is 2.00 bits per heavy atom. The van der Waals surface area contributed by atoms with Gasteiger partial charge >= 0.3 is 6.09 Å². The number of amides is 1. The van der Waals surface area contributed by atoms with Crippen molar-refractivity contribution in [2.45, 2.75) is 25.7 Å². The van der Waals surface area contributed by atoms with Crippen LogP contribution < -0.4 is 5.32 Å². The van der Waals surface area contributed by atoms with E-state index in [2.05, 4.69) is 5.32 Å². The number of rotatable bonds is 4. The van der Waals surface area contributed by atoms with E-state index in [9.17, 15) is 4.79 Å². The Labute approximate surface area is 85.0 Å². The number of methoxy groups -OCH3 is 1. The Balaban J connectivity index is 2.39. The molecule has 0 aromatic heterocycles. The van der Waals surface area contributed by atoms with Gasteiger partial charge < -0.3 is 14.8 Å². The average Bonchev–Trinajstić information content (AvgIpc) is 2.64. The maximum atomic E-state index is 10.9. The lowest BCUT2D eigenvalue weighted by Crippen LogP contribution is -2.32. The van der Waals surface area contributed by atoms with E-state index in [1.54, 1.807) is 14.2 Å². The van der Waals surface area contributed by atoms with Crippen molar-refractivity contribution in [3.8, 4) is 0 Å². The van der Waals surface area contributed by atoms with Crippen molar-refractivity contribution in [1.82, 2.24) is 5.32 Å². The molecule has 1 aliphatic carbocycles. The highest BCUT2D eigenvalue weighted by molar-refractivity contribution is 5.66. The van der Waals surface area contributed by atoms with Gasteiger partial charge in [0.25, 0.3) is 0 Å². The first-order valence-electron chi connectivity index (χ1n) is 5.06. The summed E-state index contributed by atoms with van der Waals surface area (Å²) in [6.45, 7) is 1.16. The number of nitrogens with one attached hydrogen (secondary N) is 1. The van der Waals surface area contributed by atoms with Crippen LogP contribution >= 0.6 is 0 Å². The Hall–Kier alpha value is -0.770. The zero-order valence-corrected chi connectivity index (χ0v) is 8.97. The van der Waals surface area contributed by atoms with Gasteiger partial charge in [-0.2, -0.15) is 0 Å². The molecule has 0 spiro atoms. The van der Waals surface area contributed by atoms with Crippen LogP contribution in [-0.4, -0.2) is 33.5 Å². The molecule has 0 aliphatic heterocycles. The number of hydrogen-bond donors (Lipinski definition) is 1. The van der Waals surface area contributed by atoms with E-state index in [-0.39, 0.29) is 11.5 Å². The zero-order valence-electron chi connectivity index (χ0n) is 8.97. The minimum Gasteiger partial charge on any atom is -0.449 e. The highest BCUT2D eigenvalue weighted by Gasteiger charge is 2.35. The molecular formula is C10H19NO3. The van der Waals surface area contributed by atoms with E-state index >= 15 is 0 Å². The minimum absolute atomic E-state index is 0.0707. The predicted octanol–water partition coefficient (Wildman–Crippen LogP) is 1.55. The molecule has 4 heteroatoms. The third-order valence-electron chi connectivity index (χ3n) is 2.83. The third-order valence-corrected chi connectivity index (χ3v) is 2.83. The van der Waals surface area contributed by atoms with Crippen LogP contribution in [0.1, 0.15) is 25.7 Å². The molecule has 0 aromatic carbocycles. The normalized spacial score (nSPS) is 19.3. The number of carbonyl (C=O) groups is 1. The molecule has 0 aromatic rings. The smallest absolute Gasteiger partial charge is 0.406 e. The quantitative estimate of drug-likeness (QED) is 0.750. The van der Waals surface area contributed by atoms with Crippen molar-refractivity contribution in [1.29, 1.82) is 0 Å². The van der Waals surface area contributed by atoms with Crippen LogP contribution in [0.2, 0.25) is 0 Å². The molecule has 4 nitrogen and oxygen atoms in total. The van der Waals surface area contributed by atoms with Gasteiger partial charge in [-0.1, -0.05) is 12.8 Å². The van der Waals surface area contributed by atoms with Crippen molar-refractivity contribution in [3.63, 3.8) is 0 Å². The first kappa shape index (κ1) is 11.3. The second-order valence-electron chi connectivity index (χ2n) is 3.97. The third kappa shape index (κ3) is 2.87. The molecule has 1 fully saturated rings. The Bertz CT molecular complexity index is 188. The van der Waals surface area contributed by atoms with Crippen molar-refractivity contribution >= 4 is 6.09 Å². The second kappa shape index (κ2) is 5.20. The summed E-state index contributed by atoms with van der Waals surface area (Å²) < 4.78 is 10.3. The lowest BCUT2D eigenvalue weighted by molar-refractivity contribution is 0.0229. The highest BCUT2D eigenvalue weighted by atomic mass is 16.6. The van der Waals surface area contributed by atoms with E-state index in [4.69, 9.17) is 9.47 Å². The monoisotopic (exact) mass is 201 g/mol. The fraction of sp³-hybridized carbons (Fsp3) is 0.900. The maximum absolute atomic E-state index is 10.9. The first-order chi connectivity index (χ1) is 6.72. The van der Waals surface area contributed by atoms with Gasteiger partial charge in [-0.05, 0) is 12.8 Å². The van der Waals surface area contributed by atoms with Gasteiger partial charge in [0.1, 0.15) is 6.61 Å². The van der Waals surface area contributed by atoms with Crippen LogP contribution in [0, 0.1) is 5.41 Å². The van der Waals surface area contributed by atoms with Crippen LogP contribution in [-0.2, 0) is 9.47 Å². The van der Waals surface area contributed by atoms with Gasteiger partial charge in [-0.15, -0.1) is 0 Å². The van der Waals surface area contributed by atoms with Crippen molar-refractivity contribution in [3.05, 3.63) is 0 Å². The molecule has 0 radical (unpaired) electrons. The SMILES string of the molecule is CNC(=O)OCC1(COC)CCCC1. The van der Waals surface area contributed by atoms with Crippen LogP contribution in [0.4, 0.5) is 4.79 Å². The van der Waals surface area contributed by atoms with Gasteiger partial charge in [-0.25, -0.2) is 4.79 Å². The summed E-state index contributed by atoms with van der Waals surface area (Å²) in [4.78, 5) is 10.9. The first-order valence-corrected chi connectivity index (χ1v) is 5.06. The topological polar surface area (TPSA) is 47.6 Å². The number of hydrogen-bond acceptors (Lipinski definition) is 3. The highest BCUT2D eigenvalue weighted by Crippen LogP contribution is 2.38. The Morgan fingerprint density at radius 1 is 1.36 bits per heavy atom. The van der Waals surface area contributed by atoms with Crippen LogP contribution in [0.25, 0.3) is 0 Å². The van der Waals surface area contributed by atoms with E-state index < -0.39 is 0 Å². The molecule has 0 atom stereocenters. The minimum atomic E-state index is -0.354. The summed E-state index contributed by atoms with van der Waals surface area (Å²) in [6, 6.07) is 0. The van der Waals surface area contributed by atoms with Gasteiger partial charge in [0.2, 0.25) is 0 Å². The van der Waals surface area contributed by atoms with Crippen LogP contribution in [0.5, 0.6) is 0 Å². The predicted molar refractivity (Wildman–Crippen MR) is 53.2 cm³/mol. The summed E-state index contributed by atoms with van der Waals surface area (Å²) in [5.74, 6) is 0. The lowest BCUT2D eigenvalue weighted by Gasteiger charge is -2.27. The number of alkyl carbamates (subject to hydrolysis) is 1. The van der Waals surface area contributed by atoms with Crippen molar-refractivity contribution in [2.75, 3.05) is 27.4 Å². The lowest BCUT2D eigenvalue weighted by atomic mass is 9.88. The summed E-state index contributed by atoms with van der Waals surface area (Å²) in [5.41, 5.74) is 0.0707. The summed E-state index contributed by atoms with van der Waals surface area (Å²) in [6.07, 6.45) is 4.25. The molecule has 0 unspecified atom stereocenters. The number of ether oxygens (including phenoxy) is 2. The molecule has 82 valence electrons. The molecule has 1 amide bonds. The average molecular weight is 201 g/mol. The fourth-order valence-corrected chi connectivity index (χ4v) is 2.05. The van der Waals surface area contributed by atoms with Gasteiger partial charge in [-0.3, -0.25) is 0 Å². The van der Waals surface area contributed by atoms with E-state index in [0.717, 1.165) is 12.8 Å². The Kier molecular flexibility index (Phi) is 4.20. The zero-order chi connectivity index (χ0) is 10.4. The van der Waals surface area contributed by atoms with E-state index in [1.807, 2.05) is 0 Å². The largest absolute Gasteiger partial charge is 0.449 e. The molecule has 0 bridgehead atoms. The summed E-state index contributed by atoms with van der Waals surface area (Å²) in [7, 11) is 3.26. The maximum Gasteiger partial charge on any atom is 0.406 e. The molecule has 1 saturated carbocycles. The van der Waals surface area contributed by atoms with Gasteiger partial charge in [0, 0.05) is 19.6 Å². The molecule has 1 aliphatic rings. The summed E-state index contributed by atoms with van der Waals surface area (Å²) >= 11 is 0.